The zero-order valence-electron chi connectivity index (χ0n) is 50.1. The van der Waals surface area contributed by atoms with Gasteiger partial charge >= 0.3 is 18.2 Å². The molecule has 1 fully saturated rings. The molecule has 3 rings (SSSR count). The van der Waals surface area contributed by atoms with Gasteiger partial charge in [0.1, 0.15) is 30.9 Å². The third-order valence-corrected chi connectivity index (χ3v) is 14.1. The second-order valence-corrected chi connectivity index (χ2v) is 22.8. The first kappa shape index (κ1) is 71.8. The average Bonchev–Trinajstić information content (AvgIpc) is 3.92. The van der Waals surface area contributed by atoms with Crippen molar-refractivity contribution in [3.8, 4) is 0 Å². The molecule has 1 aromatic carbocycles. The van der Waals surface area contributed by atoms with Gasteiger partial charge in [0.2, 0.25) is 41.4 Å². The number of rotatable bonds is 36. The van der Waals surface area contributed by atoms with Crippen LogP contribution in [0.2, 0.25) is 0 Å². The molecule has 85 heavy (non-hydrogen) atoms. The van der Waals surface area contributed by atoms with Gasteiger partial charge in [-0.3, -0.25) is 38.5 Å². The van der Waals surface area contributed by atoms with Gasteiger partial charge in [0.05, 0.1) is 18.9 Å². The van der Waals surface area contributed by atoms with E-state index in [1.165, 1.54) is 36.0 Å². The summed E-state index contributed by atoms with van der Waals surface area (Å²) in [5, 5.41) is 22.0. The molecule has 1 aromatic rings. The third kappa shape index (κ3) is 29.3. The molecular formula is C60H86ClN9O14S. The Bertz CT molecular complexity index is 2610. The van der Waals surface area contributed by atoms with E-state index in [0.29, 0.717) is 80.7 Å². The van der Waals surface area contributed by atoms with Crippen molar-refractivity contribution in [1.82, 2.24) is 42.1 Å². The number of carbonyl (C=O) groups is 10. The standard InChI is InChI=1S/C60H86ClN9O14S/c1-40(22-28-45-30-31-47(81-7)57(78)83-45)17-11-12-21-50(72)69-53(60(3,4)5)55(76)63-33-14-18-44(29-23-41(2)61)84-59(80)65-35-16-34-64-58(79)82-39-42-24-26-43(27-25-42)67-54(75)46(19-15-32-62-6)68-51(73)38-66-49(71)20-10-9-13-36-70-52(74)37-48(85-8)56(70)77/h11-12,14,17,21-27,31,33,44-46,48,53,62H,9-10,13,15-16,18-20,28-30,32,34-39H2,1-8H3,(H,63,76)(H,64,79)(H,65,80)(H,66,71)(H,67,75)(H,68,73)(H,69,72)/b17-11-,21-12-,33-14-,40-22+,41-23+/t44-,45-,46+,48?,53-/m1/s1. The van der Waals surface area contributed by atoms with Crippen LogP contribution in [0.1, 0.15) is 117 Å². The predicted octanol–water partition coefficient (Wildman–Crippen LogP) is 6.37. The van der Waals surface area contributed by atoms with E-state index in [1.807, 2.05) is 33.8 Å². The number of thioether (sulfide) groups is 1. The number of cyclic esters (lactones) is 1. The lowest BCUT2D eigenvalue weighted by Gasteiger charge is -2.29. The van der Waals surface area contributed by atoms with Gasteiger partial charge in [0.15, 0.2) is 5.76 Å². The number of halogens is 1. The zero-order chi connectivity index (χ0) is 62.7. The maximum Gasteiger partial charge on any atom is 0.407 e. The van der Waals surface area contributed by atoms with E-state index >= 15 is 0 Å². The van der Waals surface area contributed by atoms with Crippen LogP contribution in [0.3, 0.4) is 0 Å². The van der Waals surface area contributed by atoms with Crippen molar-refractivity contribution in [3.05, 3.63) is 101 Å². The molecule has 9 amide bonds. The van der Waals surface area contributed by atoms with Crippen molar-refractivity contribution in [2.45, 2.75) is 148 Å². The van der Waals surface area contributed by atoms with Crippen LogP contribution in [0.15, 0.2) is 95.4 Å². The van der Waals surface area contributed by atoms with Gasteiger partial charge < -0.3 is 61.5 Å². The number of likely N-dealkylation sites (tertiary alicyclic amines) is 1. The number of hydrogen-bond acceptors (Lipinski definition) is 16. The number of nitrogens with one attached hydrogen (secondary N) is 8. The highest BCUT2D eigenvalue weighted by molar-refractivity contribution is 8.00. The topological polar surface area (TPSA) is 307 Å². The van der Waals surface area contributed by atoms with E-state index in [9.17, 15) is 47.9 Å². The molecule has 468 valence electrons. The summed E-state index contributed by atoms with van der Waals surface area (Å²) in [5.41, 5.74) is 1.33. The quantitative estimate of drug-likeness (QED) is 0.00904. The molecule has 0 aromatic heterocycles. The fourth-order valence-electron chi connectivity index (χ4n) is 8.27. The number of nitrogens with zero attached hydrogens (tertiary/aromatic N) is 1. The van der Waals surface area contributed by atoms with Gasteiger partial charge in [-0.1, -0.05) is 93.0 Å². The van der Waals surface area contributed by atoms with Crippen molar-refractivity contribution >= 4 is 88.6 Å². The Hall–Kier alpha value is -7.44. The molecule has 5 atom stereocenters. The van der Waals surface area contributed by atoms with Gasteiger partial charge in [-0.15, -0.1) is 0 Å². The summed E-state index contributed by atoms with van der Waals surface area (Å²) < 4.78 is 21.3. The Kier molecular flexibility index (Phi) is 33.1. The molecular weight excluding hydrogens is 1140 g/mol. The number of methoxy groups -OCH3 is 1. The molecule has 1 saturated heterocycles. The number of carbonyl (C=O) groups excluding carboxylic acids is 10. The Morgan fingerprint density at radius 3 is 2.22 bits per heavy atom. The lowest BCUT2D eigenvalue weighted by molar-refractivity contribution is -0.149. The van der Waals surface area contributed by atoms with Gasteiger partial charge in [-0.2, -0.15) is 11.8 Å². The first-order valence-electron chi connectivity index (χ1n) is 28.4. The van der Waals surface area contributed by atoms with Crippen LogP contribution >= 0.6 is 23.4 Å². The minimum absolute atomic E-state index is 0.0719. The molecule has 23 nitrogen and oxygen atoms in total. The van der Waals surface area contributed by atoms with Crippen molar-refractivity contribution in [3.63, 3.8) is 0 Å². The molecule has 1 unspecified atom stereocenters. The van der Waals surface area contributed by atoms with Crippen LogP contribution in [0.4, 0.5) is 15.3 Å². The monoisotopic (exact) mass is 1220 g/mol. The predicted molar refractivity (Wildman–Crippen MR) is 325 cm³/mol. The molecule has 0 bridgehead atoms. The third-order valence-electron chi connectivity index (χ3n) is 13.0. The number of ether oxygens (including phenoxy) is 4. The number of benzene rings is 1. The number of imide groups is 1. The highest BCUT2D eigenvalue weighted by atomic mass is 35.5. The number of esters is 1. The first-order valence-corrected chi connectivity index (χ1v) is 30.1. The number of allylic oxidation sites excluding steroid dienone is 5. The fraction of sp³-hybridized carbons (Fsp3) is 0.533. The minimum Gasteiger partial charge on any atom is -0.490 e. The fourth-order valence-corrected chi connectivity index (χ4v) is 8.99. The van der Waals surface area contributed by atoms with Gasteiger partial charge in [-0.05, 0) is 101 Å². The van der Waals surface area contributed by atoms with Crippen molar-refractivity contribution < 1.29 is 66.9 Å². The maximum atomic E-state index is 13.3. The second-order valence-electron chi connectivity index (χ2n) is 21.2. The summed E-state index contributed by atoms with van der Waals surface area (Å²) in [5.74, 6) is -2.87. The van der Waals surface area contributed by atoms with Crippen molar-refractivity contribution in [2.24, 2.45) is 5.41 Å². The van der Waals surface area contributed by atoms with Crippen LogP contribution in [0, 0.1) is 5.41 Å². The summed E-state index contributed by atoms with van der Waals surface area (Å²) in [6, 6.07) is 4.82. The van der Waals surface area contributed by atoms with Gasteiger partial charge in [0.25, 0.3) is 0 Å². The van der Waals surface area contributed by atoms with Crippen molar-refractivity contribution in [1.29, 1.82) is 0 Å². The number of alkyl carbamates (subject to hydrolysis) is 2. The summed E-state index contributed by atoms with van der Waals surface area (Å²) in [6.07, 6.45) is 19.2. The second kappa shape index (κ2) is 39.2. The smallest absolute Gasteiger partial charge is 0.407 e. The molecule has 0 aliphatic carbocycles. The average molecular weight is 1220 g/mol. The number of amides is 9. The van der Waals surface area contributed by atoms with Crippen LogP contribution in [-0.4, -0.2) is 147 Å². The number of unbranched alkanes of at least 4 members (excludes halogenated alkanes) is 2. The Morgan fingerprint density at radius 2 is 1.56 bits per heavy atom. The maximum absolute atomic E-state index is 13.3. The SMILES string of the molecule is CNCCC[C@H](NC(=O)CNC(=O)CCCCCN1C(=O)CC(SC)C1=O)C(=O)Nc1ccc(COC(=O)NCCCNC(=O)O[C@H](C/C=C\NC(=O)[C@@H](NC(=O)\C=C/C=C\C(C)=C\C[C@@H]2CC=C(OC)C(=O)O2)C(C)(C)C)C/C=C(\C)Cl)cc1. The molecule has 0 saturated carbocycles. The van der Waals surface area contributed by atoms with E-state index in [0.717, 1.165) is 5.57 Å². The molecule has 2 aliphatic heterocycles. The summed E-state index contributed by atoms with van der Waals surface area (Å²) in [6.45, 7) is 9.91. The highest BCUT2D eigenvalue weighted by Crippen LogP contribution is 2.24. The van der Waals surface area contributed by atoms with Gasteiger partial charge in [0, 0.05) is 75.0 Å². The summed E-state index contributed by atoms with van der Waals surface area (Å²) >= 11 is 7.43. The summed E-state index contributed by atoms with van der Waals surface area (Å²) in [7, 11) is 3.19. The summed E-state index contributed by atoms with van der Waals surface area (Å²) in [4.78, 5) is 128. The van der Waals surface area contributed by atoms with Crippen LogP contribution < -0.4 is 42.5 Å². The highest BCUT2D eigenvalue weighted by Gasteiger charge is 2.37. The molecule has 8 N–H and O–H groups in total. The lowest BCUT2D eigenvalue weighted by Crippen LogP contribution is -2.52. The van der Waals surface area contributed by atoms with Gasteiger partial charge in [-0.25, -0.2) is 14.4 Å². The van der Waals surface area contributed by atoms with Crippen LogP contribution in [-0.2, 0) is 63.9 Å². The first-order chi connectivity index (χ1) is 40.5. The minimum atomic E-state index is -0.901. The van der Waals surface area contributed by atoms with E-state index in [4.69, 9.17) is 30.5 Å². The molecule has 2 aliphatic rings. The molecule has 25 heteroatoms. The number of anilines is 1. The van der Waals surface area contributed by atoms with Crippen LogP contribution in [0.5, 0.6) is 0 Å². The Balaban J connectivity index is 1.35. The van der Waals surface area contributed by atoms with E-state index in [2.05, 4.69) is 42.5 Å². The molecule has 0 radical (unpaired) electrons. The lowest BCUT2D eigenvalue weighted by atomic mass is 9.86. The number of hydrogen-bond donors (Lipinski definition) is 8. The normalized spacial score (nSPS) is 16.7. The molecule has 2 heterocycles. The van der Waals surface area contributed by atoms with Crippen molar-refractivity contribution in [2.75, 3.05) is 58.5 Å². The van der Waals surface area contributed by atoms with E-state index in [-0.39, 0.29) is 86.8 Å². The zero-order valence-corrected chi connectivity index (χ0v) is 51.6. The Labute approximate surface area is 508 Å². The Morgan fingerprint density at radius 1 is 0.847 bits per heavy atom. The van der Waals surface area contributed by atoms with E-state index < -0.39 is 65.4 Å². The molecule has 0 spiro atoms. The van der Waals surface area contributed by atoms with E-state index in [1.54, 1.807) is 80.9 Å². The van der Waals surface area contributed by atoms with Crippen LogP contribution in [0.25, 0.3) is 0 Å². The largest absolute Gasteiger partial charge is 0.490 e.